The van der Waals surface area contributed by atoms with Crippen LogP contribution in [0.4, 0.5) is 5.82 Å². The summed E-state index contributed by atoms with van der Waals surface area (Å²) in [4.78, 5) is 13.0. The summed E-state index contributed by atoms with van der Waals surface area (Å²) >= 11 is 0. The van der Waals surface area contributed by atoms with Crippen LogP contribution in [-0.2, 0) is 4.79 Å². The Morgan fingerprint density at radius 3 is 3.06 bits per heavy atom. The Morgan fingerprint density at radius 2 is 2.28 bits per heavy atom. The minimum absolute atomic E-state index is 0.480. The number of aryl methyl sites for hydroxylation is 1. The summed E-state index contributed by atoms with van der Waals surface area (Å²) in [5.74, 6) is 0.558. The number of hydrogen-bond acceptors (Lipinski definition) is 5. The number of rotatable bonds is 2. The fourth-order valence-electron chi connectivity index (χ4n) is 2.34. The molecular formula is C11H13N5O2. The summed E-state index contributed by atoms with van der Waals surface area (Å²) in [5, 5.41) is 21.5. The monoisotopic (exact) mass is 247 g/mol. The van der Waals surface area contributed by atoms with E-state index in [0.29, 0.717) is 23.7 Å². The third-order valence-electron chi connectivity index (χ3n) is 3.24. The molecule has 94 valence electrons. The van der Waals surface area contributed by atoms with Crippen LogP contribution >= 0.6 is 0 Å². The molecule has 7 nitrogen and oxygen atoms in total. The van der Waals surface area contributed by atoms with Gasteiger partial charge in [0.1, 0.15) is 11.9 Å². The highest BCUT2D eigenvalue weighted by molar-refractivity contribution is 5.78. The summed E-state index contributed by atoms with van der Waals surface area (Å²) < 4.78 is 1.63. The van der Waals surface area contributed by atoms with Crippen LogP contribution in [0.3, 0.4) is 0 Å². The molecule has 2 aromatic heterocycles. The molecule has 18 heavy (non-hydrogen) atoms. The van der Waals surface area contributed by atoms with Gasteiger partial charge in [0, 0.05) is 6.54 Å². The van der Waals surface area contributed by atoms with Crippen molar-refractivity contribution in [2.45, 2.75) is 25.8 Å². The number of carboxylic acid groups (broad SMARTS) is 1. The van der Waals surface area contributed by atoms with E-state index < -0.39 is 12.0 Å². The van der Waals surface area contributed by atoms with Gasteiger partial charge in [-0.3, -0.25) is 0 Å². The Kier molecular flexibility index (Phi) is 2.39. The van der Waals surface area contributed by atoms with Gasteiger partial charge in [-0.05, 0) is 31.9 Å². The third-order valence-corrected chi connectivity index (χ3v) is 3.24. The predicted octanol–water partition coefficient (Wildman–Crippen LogP) is 0.486. The third kappa shape index (κ3) is 1.59. The van der Waals surface area contributed by atoms with Gasteiger partial charge in [-0.1, -0.05) is 0 Å². The molecule has 1 saturated heterocycles. The predicted molar refractivity (Wildman–Crippen MR) is 63.5 cm³/mol. The molecule has 1 fully saturated rings. The van der Waals surface area contributed by atoms with Crippen LogP contribution in [0.2, 0.25) is 0 Å². The summed E-state index contributed by atoms with van der Waals surface area (Å²) in [7, 11) is 0. The number of aromatic nitrogens is 4. The molecule has 0 aromatic carbocycles. The number of carboxylic acids is 1. The van der Waals surface area contributed by atoms with Gasteiger partial charge >= 0.3 is 5.97 Å². The van der Waals surface area contributed by atoms with Crippen molar-refractivity contribution in [3.8, 4) is 0 Å². The van der Waals surface area contributed by atoms with Crippen LogP contribution in [0.15, 0.2) is 12.1 Å². The first-order chi connectivity index (χ1) is 8.66. The smallest absolute Gasteiger partial charge is 0.326 e. The van der Waals surface area contributed by atoms with E-state index in [2.05, 4.69) is 15.3 Å². The first kappa shape index (κ1) is 10.9. The van der Waals surface area contributed by atoms with E-state index in [4.69, 9.17) is 0 Å². The number of anilines is 1. The molecule has 1 aliphatic heterocycles. The Bertz CT molecular complexity index is 608. The molecule has 0 bridgehead atoms. The van der Waals surface area contributed by atoms with E-state index in [0.717, 1.165) is 13.0 Å². The normalized spacial score (nSPS) is 19.6. The Morgan fingerprint density at radius 1 is 1.44 bits per heavy atom. The highest BCUT2D eigenvalue weighted by Crippen LogP contribution is 2.24. The quantitative estimate of drug-likeness (QED) is 0.831. The van der Waals surface area contributed by atoms with Crippen molar-refractivity contribution in [1.82, 2.24) is 19.8 Å². The van der Waals surface area contributed by atoms with Crippen molar-refractivity contribution in [2.75, 3.05) is 11.4 Å². The maximum Gasteiger partial charge on any atom is 0.326 e. The van der Waals surface area contributed by atoms with E-state index in [-0.39, 0.29) is 0 Å². The molecule has 3 rings (SSSR count). The van der Waals surface area contributed by atoms with Gasteiger partial charge in [-0.25, -0.2) is 4.79 Å². The van der Waals surface area contributed by atoms with E-state index in [1.807, 2.05) is 11.8 Å². The maximum absolute atomic E-state index is 11.2. The van der Waals surface area contributed by atoms with Crippen molar-refractivity contribution in [2.24, 2.45) is 0 Å². The average molecular weight is 247 g/mol. The van der Waals surface area contributed by atoms with Gasteiger partial charge in [-0.15, -0.1) is 15.3 Å². The van der Waals surface area contributed by atoms with Gasteiger partial charge in [0.05, 0.1) is 0 Å². The lowest BCUT2D eigenvalue weighted by molar-refractivity contribution is -0.138. The van der Waals surface area contributed by atoms with Crippen LogP contribution < -0.4 is 4.90 Å². The van der Waals surface area contributed by atoms with Gasteiger partial charge in [-0.2, -0.15) is 4.52 Å². The summed E-state index contributed by atoms with van der Waals surface area (Å²) in [6.45, 7) is 2.53. The van der Waals surface area contributed by atoms with Gasteiger partial charge in [0.15, 0.2) is 11.5 Å². The van der Waals surface area contributed by atoms with Crippen LogP contribution in [0.1, 0.15) is 18.7 Å². The van der Waals surface area contributed by atoms with Crippen molar-refractivity contribution >= 4 is 17.4 Å². The lowest BCUT2D eigenvalue weighted by Crippen LogP contribution is -2.36. The number of nitrogens with zero attached hydrogens (tertiary/aromatic N) is 5. The van der Waals surface area contributed by atoms with E-state index in [1.165, 1.54) is 0 Å². The highest BCUT2D eigenvalue weighted by atomic mass is 16.4. The summed E-state index contributed by atoms with van der Waals surface area (Å²) in [6.07, 6.45) is 1.54. The molecule has 7 heteroatoms. The number of hydrogen-bond donors (Lipinski definition) is 1. The van der Waals surface area contributed by atoms with Crippen LogP contribution in [0.5, 0.6) is 0 Å². The summed E-state index contributed by atoms with van der Waals surface area (Å²) in [5.41, 5.74) is 0.669. The first-order valence-corrected chi connectivity index (χ1v) is 5.85. The van der Waals surface area contributed by atoms with E-state index >= 15 is 0 Å². The Balaban J connectivity index is 2.03. The Hall–Kier alpha value is -2.18. The maximum atomic E-state index is 11.2. The molecule has 0 radical (unpaired) electrons. The Labute approximate surface area is 103 Å². The molecule has 0 amide bonds. The van der Waals surface area contributed by atoms with Crippen LogP contribution in [0, 0.1) is 6.92 Å². The van der Waals surface area contributed by atoms with Crippen molar-refractivity contribution < 1.29 is 9.90 Å². The second-order valence-electron chi connectivity index (χ2n) is 4.40. The van der Waals surface area contributed by atoms with Gasteiger partial charge < -0.3 is 10.0 Å². The molecule has 1 atom stereocenters. The zero-order valence-corrected chi connectivity index (χ0v) is 9.94. The van der Waals surface area contributed by atoms with E-state index in [1.54, 1.807) is 16.6 Å². The molecule has 1 aliphatic rings. The molecule has 0 aliphatic carbocycles. The molecule has 3 heterocycles. The fourth-order valence-corrected chi connectivity index (χ4v) is 2.34. The first-order valence-electron chi connectivity index (χ1n) is 5.85. The molecule has 0 unspecified atom stereocenters. The molecule has 1 N–H and O–H groups in total. The van der Waals surface area contributed by atoms with Crippen LogP contribution in [-0.4, -0.2) is 43.5 Å². The lowest BCUT2D eigenvalue weighted by atomic mass is 10.2. The van der Waals surface area contributed by atoms with Crippen molar-refractivity contribution in [1.29, 1.82) is 0 Å². The average Bonchev–Trinajstić information content (AvgIpc) is 2.96. The largest absolute Gasteiger partial charge is 0.480 e. The van der Waals surface area contributed by atoms with Gasteiger partial charge in [0.2, 0.25) is 0 Å². The minimum Gasteiger partial charge on any atom is -0.480 e. The number of aliphatic carboxylic acids is 1. The number of carbonyl (C=O) groups is 1. The minimum atomic E-state index is -0.796. The number of fused-ring (bicyclic) bond motifs is 1. The lowest BCUT2D eigenvalue weighted by Gasteiger charge is -2.22. The molecule has 0 spiro atoms. The molecule has 0 saturated carbocycles. The summed E-state index contributed by atoms with van der Waals surface area (Å²) in [6, 6.07) is 3.12. The highest BCUT2D eigenvalue weighted by Gasteiger charge is 2.31. The second-order valence-corrected chi connectivity index (χ2v) is 4.40. The second kappa shape index (κ2) is 3.94. The van der Waals surface area contributed by atoms with E-state index in [9.17, 15) is 9.90 Å². The zero-order chi connectivity index (χ0) is 12.7. The van der Waals surface area contributed by atoms with Gasteiger partial charge in [0.25, 0.3) is 0 Å². The van der Waals surface area contributed by atoms with Crippen molar-refractivity contribution in [3.63, 3.8) is 0 Å². The SMILES string of the molecule is Cc1nnc2ccc(N3CCC[C@H]3C(=O)O)nn12. The van der Waals surface area contributed by atoms with Crippen LogP contribution in [0.25, 0.3) is 5.65 Å². The van der Waals surface area contributed by atoms with Crippen molar-refractivity contribution in [3.05, 3.63) is 18.0 Å². The topological polar surface area (TPSA) is 83.6 Å². The fraction of sp³-hybridized carbons (Fsp3) is 0.455. The molecular weight excluding hydrogens is 234 g/mol. The standard InChI is InChI=1S/C11H13N5O2/c1-7-12-13-9-4-5-10(14-16(7)9)15-6-2-3-8(15)11(17)18/h4-5,8H,2-3,6H2,1H3,(H,17,18)/t8-/m0/s1. The zero-order valence-electron chi connectivity index (χ0n) is 9.94. The molecule has 2 aromatic rings.